The van der Waals surface area contributed by atoms with Gasteiger partial charge in [-0.05, 0) is 55.2 Å². The lowest BCUT2D eigenvalue weighted by Gasteiger charge is -2.34. The Balaban J connectivity index is 1.67. The first-order valence-corrected chi connectivity index (χ1v) is 14.6. The van der Waals surface area contributed by atoms with Gasteiger partial charge in [0.1, 0.15) is 11.6 Å². The molecule has 216 valence electrons. The summed E-state index contributed by atoms with van der Waals surface area (Å²) < 4.78 is 55.5. The summed E-state index contributed by atoms with van der Waals surface area (Å²) in [6.45, 7) is -0.501. The minimum Gasteiger partial charge on any atom is -0.481 e. The number of rotatable bonds is 8. The van der Waals surface area contributed by atoms with Gasteiger partial charge in [0.15, 0.2) is 6.17 Å². The van der Waals surface area contributed by atoms with Crippen molar-refractivity contribution in [3.05, 3.63) is 59.1 Å². The largest absolute Gasteiger partial charge is 0.481 e. The zero-order valence-electron chi connectivity index (χ0n) is 21.4. The lowest BCUT2D eigenvalue weighted by molar-refractivity contribution is -0.138. The van der Waals surface area contributed by atoms with Crippen LogP contribution >= 0.6 is 11.6 Å². The lowest BCUT2D eigenvalue weighted by atomic mass is 9.82. The van der Waals surface area contributed by atoms with Gasteiger partial charge in [0.2, 0.25) is 10.0 Å². The van der Waals surface area contributed by atoms with E-state index in [1.165, 1.54) is 18.2 Å². The Bertz CT molecular complexity index is 1390. The maximum atomic E-state index is 13.8. The molecule has 2 unspecified atom stereocenters. The summed E-state index contributed by atoms with van der Waals surface area (Å²) >= 11 is 5.81. The Labute approximate surface area is 235 Å². The van der Waals surface area contributed by atoms with Crippen molar-refractivity contribution in [2.24, 2.45) is 5.92 Å². The number of aliphatic carboxylic acids is 1. The molecule has 0 aromatic heterocycles. The predicted octanol–water partition coefficient (Wildman–Crippen LogP) is 4.02. The van der Waals surface area contributed by atoms with Gasteiger partial charge in [0, 0.05) is 24.8 Å². The predicted molar refractivity (Wildman–Crippen MR) is 142 cm³/mol. The van der Waals surface area contributed by atoms with E-state index in [-0.39, 0.29) is 31.1 Å². The first kappa shape index (κ1) is 29.7. The molecule has 1 aliphatic heterocycles. The molecule has 14 heteroatoms. The molecule has 2 aromatic carbocycles. The highest BCUT2D eigenvalue weighted by Gasteiger charge is 2.47. The fraction of sp³-hybridized carbons (Fsp3) is 0.423. The van der Waals surface area contributed by atoms with Crippen LogP contribution in [0, 0.1) is 17.6 Å². The fourth-order valence-electron chi connectivity index (χ4n) is 5.19. The summed E-state index contributed by atoms with van der Waals surface area (Å²) in [7, 11) is -4.48. The Morgan fingerprint density at radius 2 is 1.77 bits per heavy atom. The Morgan fingerprint density at radius 1 is 1.05 bits per heavy atom. The summed E-state index contributed by atoms with van der Waals surface area (Å²) in [6.07, 6.45) is 2.04. The SMILES string of the molecule is O=C(O)CC(NC(=O)C1N(C(=O)Nc2cccc(F)c2)CCN1S(=O)(=O)c1ccc(F)c(Cl)c1)C1CCCCC1. The molecule has 2 aliphatic rings. The number of benzene rings is 2. The molecule has 2 atom stereocenters. The topological polar surface area (TPSA) is 136 Å². The van der Waals surface area contributed by atoms with E-state index in [9.17, 15) is 36.7 Å². The first-order chi connectivity index (χ1) is 19.0. The van der Waals surface area contributed by atoms with Gasteiger partial charge in [-0.2, -0.15) is 4.31 Å². The van der Waals surface area contributed by atoms with Gasteiger partial charge in [-0.1, -0.05) is 36.9 Å². The molecule has 1 saturated carbocycles. The van der Waals surface area contributed by atoms with E-state index in [0.717, 1.165) is 52.7 Å². The minimum atomic E-state index is -4.48. The number of carboxylic acid groups (broad SMARTS) is 1. The molecule has 0 spiro atoms. The van der Waals surface area contributed by atoms with E-state index >= 15 is 0 Å². The van der Waals surface area contributed by atoms with Crippen LogP contribution in [0.4, 0.5) is 19.3 Å². The van der Waals surface area contributed by atoms with Gasteiger partial charge in [0.05, 0.1) is 16.3 Å². The van der Waals surface area contributed by atoms with E-state index in [1.807, 2.05) is 0 Å². The number of amides is 3. The molecule has 3 N–H and O–H groups in total. The molecule has 40 heavy (non-hydrogen) atoms. The number of hydrogen-bond donors (Lipinski definition) is 3. The number of hydrogen-bond acceptors (Lipinski definition) is 5. The number of urea groups is 1. The van der Waals surface area contributed by atoms with Gasteiger partial charge in [-0.15, -0.1) is 0 Å². The maximum Gasteiger partial charge on any atom is 0.323 e. The molecule has 10 nitrogen and oxygen atoms in total. The molecule has 0 radical (unpaired) electrons. The summed E-state index contributed by atoms with van der Waals surface area (Å²) in [4.78, 5) is 39.2. The second-order valence-electron chi connectivity index (χ2n) is 9.81. The van der Waals surface area contributed by atoms with Crippen LogP contribution in [-0.2, 0) is 19.6 Å². The van der Waals surface area contributed by atoms with Crippen molar-refractivity contribution in [1.82, 2.24) is 14.5 Å². The van der Waals surface area contributed by atoms with Crippen LogP contribution in [0.5, 0.6) is 0 Å². The maximum absolute atomic E-state index is 13.8. The van der Waals surface area contributed by atoms with Crippen molar-refractivity contribution < 1.29 is 36.7 Å². The van der Waals surface area contributed by atoms with Crippen LogP contribution in [0.15, 0.2) is 47.4 Å². The van der Waals surface area contributed by atoms with Crippen molar-refractivity contribution in [3.8, 4) is 0 Å². The summed E-state index contributed by atoms with van der Waals surface area (Å²) in [6, 6.07) is 6.16. The fourth-order valence-corrected chi connectivity index (χ4v) is 7.01. The van der Waals surface area contributed by atoms with Crippen molar-refractivity contribution >= 4 is 45.2 Å². The summed E-state index contributed by atoms with van der Waals surface area (Å²) in [5.41, 5.74) is 0.0849. The van der Waals surface area contributed by atoms with Gasteiger partial charge >= 0.3 is 12.0 Å². The zero-order valence-corrected chi connectivity index (χ0v) is 22.9. The molecular formula is C26H29ClF2N4O6S. The van der Waals surface area contributed by atoms with Crippen LogP contribution in [0.25, 0.3) is 0 Å². The van der Waals surface area contributed by atoms with Crippen LogP contribution in [0.3, 0.4) is 0 Å². The van der Waals surface area contributed by atoms with E-state index in [0.29, 0.717) is 12.8 Å². The van der Waals surface area contributed by atoms with Crippen LogP contribution in [0.1, 0.15) is 38.5 Å². The monoisotopic (exact) mass is 598 g/mol. The van der Waals surface area contributed by atoms with Crippen molar-refractivity contribution in [2.75, 3.05) is 18.4 Å². The Hall–Kier alpha value is -3.29. The van der Waals surface area contributed by atoms with Crippen LogP contribution in [0.2, 0.25) is 5.02 Å². The molecular weight excluding hydrogens is 570 g/mol. The number of carboxylic acids is 1. The second kappa shape index (κ2) is 12.5. The Morgan fingerprint density at radius 3 is 2.42 bits per heavy atom. The number of carbonyl (C=O) groups excluding carboxylic acids is 2. The summed E-state index contributed by atoms with van der Waals surface area (Å²) in [5, 5.41) is 14.2. The highest BCUT2D eigenvalue weighted by atomic mass is 35.5. The lowest BCUT2D eigenvalue weighted by Crippen LogP contribution is -2.57. The minimum absolute atomic E-state index is 0.0849. The first-order valence-electron chi connectivity index (χ1n) is 12.8. The van der Waals surface area contributed by atoms with Gasteiger partial charge in [-0.25, -0.2) is 22.0 Å². The summed E-state index contributed by atoms with van der Waals surface area (Å²) in [5.74, 6) is -3.61. The van der Waals surface area contributed by atoms with Gasteiger partial charge in [0.25, 0.3) is 5.91 Å². The van der Waals surface area contributed by atoms with E-state index < -0.39 is 61.7 Å². The second-order valence-corrected chi connectivity index (χ2v) is 12.1. The third-order valence-corrected chi connectivity index (χ3v) is 9.28. The standard InChI is InChI=1S/C26H29ClF2N4O6S/c27-20-14-19(9-10-21(20)29)40(38,39)33-12-11-32(26(37)30-18-8-4-7-17(28)13-18)25(33)24(36)31-22(15-23(34)35)16-5-2-1-3-6-16/h4,7-10,13-14,16,22,25H,1-3,5-6,11-12,15H2,(H,30,37)(H,31,36)(H,34,35). The normalized spacial score (nSPS) is 19.3. The number of sulfonamides is 1. The van der Waals surface area contributed by atoms with Gasteiger partial charge < -0.3 is 15.7 Å². The average Bonchev–Trinajstić information content (AvgIpc) is 3.37. The van der Waals surface area contributed by atoms with E-state index in [4.69, 9.17) is 11.6 Å². The molecule has 1 saturated heterocycles. The molecule has 0 bridgehead atoms. The average molecular weight is 599 g/mol. The molecule has 2 fully saturated rings. The molecule has 2 aromatic rings. The van der Waals surface area contributed by atoms with Crippen molar-refractivity contribution in [1.29, 1.82) is 0 Å². The molecule has 1 heterocycles. The van der Waals surface area contributed by atoms with Gasteiger partial charge in [-0.3, -0.25) is 14.5 Å². The van der Waals surface area contributed by atoms with Crippen LogP contribution < -0.4 is 10.6 Å². The van der Waals surface area contributed by atoms with Crippen LogP contribution in [-0.4, -0.2) is 65.9 Å². The smallest absolute Gasteiger partial charge is 0.323 e. The molecule has 3 amide bonds. The van der Waals surface area contributed by atoms with Crippen molar-refractivity contribution in [2.45, 2.75) is 55.6 Å². The number of nitrogens with one attached hydrogen (secondary N) is 2. The molecule has 4 rings (SSSR count). The zero-order chi connectivity index (χ0) is 29.0. The number of nitrogens with zero attached hydrogens (tertiary/aromatic N) is 2. The third kappa shape index (κ3) is 6.70. The molecule has 1 aliphatic carbocycles. The highest BCUT2D eigenvalue weighted by molar-refractivity contribution is 7.89. The number of halogens is 3. The van der Waals surface area contributed by atoms with E-state index in [2.05, 4.69) is 10.6 Å². The third-order valence-electron chi connectivity index (χ3n) is 7.14. The Kier molecular flexibility index (Phi) is 9.26. The van der Waals surface area contributed by atoms with Crippen molar-refractivity contribution in [3.63, 3.8) is 0 Å². The highest BCUT2D eigenvalue weighted by Crippen LogP contribution is 2.30. The number of carbonyl (C=O) groups is 3. The van der Waals surface area contributed by atoms with E-state index in [1.54, 1.807) is 0 Å². The quantitative estimate of drug-likeness (QED) is 0.420. The number of anilines is 1.